The Kier molecular flexibility index (Phi) is 4.30. The van der Waals surface area contributed by atoms with Crippen LogP contribution in [0.1, 0.15) is 23.2 Å². The van der Waals surface area contributed by atoms with Gasteiger partial charge in [-0.2, -0.15) is 4.39 Å². The number of rotatable bonds is 2. The zero-order valence-electron chi connectivity index (χ0n) is 14.4. The van der Waals surface area contributed by atoms with Crippen LogP contribution in [0, 0.1) is 17.6 Å². The Morgan fingerprint density at radius 3 is 2.48 bits per heavy atom. The van der Waals surface area contributed by atoms with Gasteiger partial charge in [-0.15, -0.1) is 0 Å². The van der Waals surface area contributed by atoms with Crippen molar-refractivity contribution < 1.29 is 23.5 Å². The van der Waals surface area contributed by atoms with E-state index >= 15 is 0 Å². The quantitative estimate of drug-likeness (QED) is 0.852. The fourth-order valence-corrected chi connectivity index (χ4v) is 3.74. The Morgan fingerprint density at radius 1 is 1.07 bits per heavy atom. The predicted octanol–water partition coefficient (Wildman–Crippen LogP) is 2.69. The number of halogens is 2. The normalized spacial score (nSPS) is 21.7. The van der Waals surface area contributed by atoms with Gasteiger partial charge in [0.05, 0.1) is 5.92 Å². The molecule has 2 aromatic rings. The molecule has 2 bridgehead atoms. The van der Waals surface area contributed by atoms with E-state index in [0.717, 1.165) is 25.0 Å². The minimum Gasteiger partial charge on any atom is -0.505 e. The lowest BCUT2D eigenvalue weighted by atomic mass is 9.96. The fourth-order valence-electron chi connectivity index (χ4n) is 3.74. The first-order valence-electron chi connectivity index (χ1n) is 8.80. The molecule has 0 saturated carbocycles. The second kappa shape index (κ2) is 6.64. The second-order valence-electron chi connectivity index (χ2n) is 7.06. The molecule has 140 valence electrons. The number of amides is 2. The number of hydrogen-bond donors (Lipinski definition) is 2. The maximum Gasteiger partial charge on any atom is 0.253 e. The number of nitrogens with zero attached hydrogens (tertiary/aromatic N) is 1. The van der Waals surface area contributed by atoms with Gasteiger partial charge in [0.1, 0.15) is 0 Å². The fraction of sp³-hybridized carbons (Fsp3) is 0.300. The maximum absolute atomic E-state index is 13.5. The minimum atomic E-state index is -1.29. The second-order valence-corrected chi connectivity index (χ2v) is 7.06. The van der Waals surface area contributed by atoms with Crippen molar-refractivity contribution in [2.75, 3.05) is 13.1 Å². The van der Waals surface area contributed by atoms with Crippen LogP contribution in [0.5, 0.6) is 5.75 Å². The zero-order chi connectivity index (χ0) is 19.1. The van der Waals surface area contributed by atoms with Crippen LogP contribution < -0.4 is 5.32 Å². The van der Waals surface area contributed by atoms with Crippen molar-refractivity contribution in [1.82, 2.24) is 10.2 Å². The topological polar surface area (TPSA) is 69.6 Å². The third-order valence-electron chi connectivity index (χ3n) is 5.22. The summed E-state index contributed by atoms with van der Waals surface area (Å²) in [6.45, 7) is 0.889. The van der Waals surface area contributed by atoms with Gasteiger partial charge < -0.3 is 15.3 Å². The van der Waals surface area contributed by atoms with Crippen LogP contribution in [0.2, 0.25) is 0 Å². The standard InChI is InChI=1S/C20H18F2N2O3/c21-16-7-14(8-17(25)18(16)22)11-1-3-12(4-2-11)20(27)24-9-13-5-6-15(10-24)23-19(13)26/h1-4,7-8,13,15,25H,5-6,9-10H2,(H,23,26)/t13-,15+/m1/s1. The highest BCUT2D eigenvalue weighted by Crippen LogP contribution is 2.29. The van der Waals surface area contributed by atoms with E-state index in [4.69, 9.17) is 0 Å². The summed E-state index contributed by atoms with van der Waals surface area (Å²) in [6, 6.07) is 8.58. The summed E-state index contributed by atoms with van der Waals surface area (Å²) in [5.74, 6) is -3.51. The molecular weight excluding hydrogens is 354 g/mol. The lowest BCUT2D eigenvalue weighted by Crippen LogP contribution is -2.43. The summed E-state index contributed by atoms with van der Waals surface area (Å²) < 4.78 is 26.7. The van der Waals surface area contributed by atoms with Gasteiger partial charge in [0.15, 0.2) is 17.4 Å². The lowest BCUT2D eigenvalue weighted by molar-refractivity contribution is -0.126. The Hall–Kier alpha value is -2.96. The summed E-state index contributed by atoms with van der Waals surface area (Å²) in [4.78, 5) is 26.4. The molecule has 3 aliphatic rings. The van der Waals surface area contributed by atoms with Crippen molar-refractivity contribution >= 4 is 11.8 Å². The van der Waals surface area contributed by atoms with Crippen molar-refractivity contribution in [3.05, 3.63) is 53.6 Å². The zero-order valence-corrected chi connectivity index (χ0v) is 14.4. The number of piperidine rings is 1. The van der Waals surface area contributed by atoms with E-state index in [-0.39, 0.29) is 23.8 Å². The van der Waals surface area contributed by atoms with E-state index in [1.54, 1.807) is 29.2 Å². The number of aromatic hydroxyl groups is 1. The summed E-state index contributed by atoms with van der Waals surface area (Å²) >= 11 is 0. The Balaban J connectivity index is 1.55. The highest BCUT2D eigenvalue weighted by molar-refractivity contribution is 5.95. The molecular formula is C20H18F2N2O3. The van der Waals surface area contributed by atoms with Crippen molar-refractivity contribution in [2.45, 2.75) is 18.9 Å². The van der Waals surface area contributed by atoms with Gasteiger partial charge in [-0.1, -0.05) is 12.1 Å². The number of phenolic OH excluding ortho intramolecular Hbond substituents is 1. The molecule has 3 aliphatic heterocycles. The molecule has 0 unspecified atom stereocenters. The first-order valence-corrected chi connectivity index (χ1v) is 8.80. The third-order valence-corrected chi connectivity index (χ3v) is 5.22. The first-order chi connectivity index (χ1) is 12.9. The number of phenols is 1. The van der Waals surface area contributed by atoms with Crippen molar-refractivity contribution in [2.24, 2.45) is 5.92 Å². The Labute approximate surface area is 154 Å². The van der Waals surface area contributed by atoms with Crippen molar-refractivity contribution in [3.8, 4) is 16.9 Å². The third kappa shape index (κ3) is 3.25. The number of hydrogen-bond acceptors (Lipinski definition) is 3. The molecule has 5 rings (SSSR count). The monoisotopic (exact) mass is 372 g/mol. The molecule has 2 amide bonds. The number of carbonyl (C=O) groups excluding carboxylic acids is 2. The largest absolute Gasteiger partial charge is 0.505 e. The Bertz CT molecular complexity index is 891. The molecule has 2 atom stereocenters. The summed E-state index contributed by atoms with van der Waals surface area (Å²) in [6.07, 6.45) is 1.66. The molecule has 5 nitrogen and oxygen atoms in total. The van der Waals surface area contributed by atoms with Crippen LogP contribution in [-0.2, 0) is 4.79 Å². The van der Waals surface area contributed by atoms with Crippen LogP contribution >= 0.6 is 0 Å². The van der Waals surface area contributed by atoms with Gasteiger partial charge in [-0.3, -0.25) is 9.59 Å². The minimum absolute atomic E-state index is 0.00930. The number of benzene rings is 2. The van der Waals surface area contributed by atoms with Crippen molar-refractivity contribution in [3.63, 3.8) is 0 Å². The molecule has 3 heterocycles. The van der Waals surface area contributed by atoms with E-state index in [2.05, 4.69) is 5.32 Å². The van der Waals surface area contributed by atoms with E-state index < -0.39 is 17.4 Å². The SMILES string of the molecule is O=C1N[C@H]2CC[C@@H]1CN(C(=O)c1ccc(-c3cc(O)c(F)c(F)c3)cc1)C2. The van der Waals surface area contributed by atoms with E-state index in [9.17, 15) is 23.5 Å². The van der Waals surface area contributed by atoms with Crippen LogP contribution in [-0.4, -0.2) is 41.0 Å². The summed E-state index contributed by atoms with van der Waals surface area (Å²) in [5, 5.41) is 12.4. The highest BCUT2D eigenvalue weighted by Gasteiger charge is 2.36. The van der Waals surface area contributed by atoms with Gasteiger partial charge in [0, 0.05) is 24.7 Å². The van der Waals surface area contributed by atoms with Gasteiger partial charge in [-0.25, -0.2) is 4.39 Å². The van der Waals surface area contributed by atoms with Gasteiger partial charge in [0.2, 0.25) is 5.91 Å². The lowest BCUT2D eigenvalue weighted by Gasteiger charge is -2.23. The molecule has 7 heteroatoms. The van der Waals surface area contributed by atoms with Crippen LogP contribution in [0.3, 0.4) is 0 Å². The summed E-state index contributed by atoms with van der Waals surface area (Å²) in [5.41, 5.74) is 1.32. The Morgan fingerprint density at radius 2 is 1.81 bits per heavy atom. The smallest absolute Gasteiger partial charge is 0.253 e. The molecule has 0 aliphatic carbocycles. The number of carbonyl (C=O) groups is 2. The van der Waals surface area contributed by atoms with E-state index in [0.29, 0.717) is 29.8 Å². The van der Waals surface area contributed by atoms with Gasteiger partial charge in [0.25, 0.3) is 5.91 Å². The first kappa shape index (κ1) is 17.5. The highest BCUT2D eigenvalue weighted by atomic mass is 19.2. The van der Waals surface area contributed by atoms with Crippen LogP contribution in [0.25, 0.3) is 11.1 Å². The van der Waals surface area contributed by atoms with Gasteiger partial charge >= 0.3 is 0 Å². The van der Waals surface area contributed by atoms with Crippen LogP contribution in [0.4, 0.5) is 8.78 Å². The van der Waals surface area contributed by atoms with Crippen molar-refractivity contribution in [1.29, 1.82) is 0 Å². The molecule has 0 aromatic heterocycles. The summed E-state index contributed by atoms with van der Waals surface area (Å²) in [7, 11) is 0. The van der Waals surface area contributed by atoms with Crippen LogP contribution in [0.15, 0.2) is 36.4 Å². The van der Waals surface area contributed by atoms with E-state index in [1.807, 2.05) is 0 Å². The number of fused-ring (bicyclic) bond motifs is 4. The van der Waals surface area contributed by atoms with Gasteiger partial charge in [-0.05, 0) is 48.2 Å². The average molecular weight is 372 g/mol. The molecule has 2 aromatic carbocycles. The van der Waals surface area contributed by atoms with E-state index in [1.165, 1.54) is 0 Å². The number of nitrogens with one attached hydrogen (secondary N) is 1. The molecule has 0 spiro atoms. The molecule has 2 N–H and O–H groups in total. The molecule has 0 radical (unpaired) electrons. The maximum atomic E-state index is 13.5. The predicted molar refractivity (Wildman–Crippen MR) is 94.0 cm³/mol. The average Bonchev–Trinajstić information content (AvgIpc) is 2.96. The molecule has 27 heavy (non-hydrogen) atoms. The molecule has 3 fully saturated rings. The molecule has 3 saturated heterocycles.